The van der Waals surface area contributed by atoms with E-state index in [0.717, 1.165) is 15.8 Å². The van der Waals surface area contributed by atoms with Gasteiger partial charge < -0.3 is 15.2 Å². The lowest BCUT2D eigenvalue weighted by atomic mass is 10.3. The summed E-state index contributed by atoms with van der Waals surface area (Å²) in [5.74, 6) is -0.0388. The smallest absolute Gasteiger partial charge is 0.270 e. The molecule has 0 atom stereocenters. The van der Waals surface area contributed by atoms with E-state index in [1.807, 2.05) is 23.6 Å². The quantitative estimate of drug-likeness (QED) is 0.943. The Kier molecular flexibility index (Phi) is 4.17. The second-order valence-corrected chi connectivity index (χ2v) is 6.11. The van der Waals surface area contributed by atoms with Crippen LogP contribution in [0.2, 0.25) is 4.34 Å². The molecule has 0 aliphatic rings. The fraction of sp³-hybridized carbons (Fsp3) is 0.308. The minimum absolute atomic E-state index is 0.0388. The Bertz CT molecular complexity index is 590. The number of carbonyl (C=O) groups is 1. The number of nitrogen functional groups attached to an aromatic ring is 1. The van der Waals surface area contributed by atoms with Crippen LogP contribution >= 0.6 is 22.9 Å². The molecule has 1 amide bonds. The molecule has 2 rings (SSSR count). The Morgan fingerprint density at radius 3 is 2.84 bits per heavy atom. The summed E-state index contributed by atoms with van der Waals surface area (Å²) in [7, 11) is 1.78. The second kappa shape index (κ2) is 5.67. The van der Waals surface area contributed by atoms with Crippen LogP contribution in [0.25, 0.3) is 0 Å². The fourth-order valence-electron chi connectivity index (χ4n) is 1.91. The molecule has 4 nitrogen and oxygen atoms in total. The zero-order valence-electron chi connectivity index (χ0n) is 10.9. The molecular formula is C13H16ClN3OS. The number of carbonyl (C=O) groups excluding carboxylic acids is 1. The van der Waals surface area contributed by atoms with Crippen molar-refractivity contribution in [1.82, 2.24) is 9.47 Å². The molecule has 0 aliphatic carbocycles. The standard InChI is InChI=1S/C13H16ClN3OS/c1-3-17-7-9(15)6-11(17)13(18)16(2)8-10-4-5-12(14)19-10/h4-7H,3,8,15H2,1-2H3. The molecule has 2 heterocycles. The summed E-state index contributed by atoms with van der Waals surface area (Å²) in [6.07, 6.45) is 1.78. The van der Waals surface area contributed by atoms with Crippen LogP contribution < -0.4 is 5.73 Å². The molecule has 0 fully saturated rings. The van der Waals surface area contributed by atoms with Crippen molar-refractivity contribution < 1.29 is 4.79 Å². The highest BCUT2D eigenvalue weighted by atomic mass is 35.5. The molecular weight excluding hydrogens is 282 g/mol. The van der Waals surface area contributed by atoms with E-state index in [0.29, 0.717) is 17.9 Å². The Labute approximate surface area is 121 Å². The van der Waals surface area contributed by atoms with Gasteiger partial charge in [0.1, 0.15) is 5.69 Å². The van der Waals surface area contributed by atoms with Gasteiger partial charge in [-0.05, 0) is 25.1 Å². The lowest BCUT2D eigenvalue weighted by molar-refractivity contribution is 0.0776. The lowest BCUT2D eigenvalue weighted by Crippen LogP contribution is -2.27. The minimum Gasteiger partial charge on any atom is -0.397 e. The Morgan fingerprint density at radius 1 is 1.53 bits per heavy atom. The van der Waals surface area contributed by atoms with Crippen molar-refractivity contribution in [3.63, 3.8) is 0 Å². The van der Waals surface area contributed by atoms with Gasteiger partial charge in [-0.2, -0.15) is 0 Å². The normalized spacial score (nSPS) is 10.7. The van der Waals surface area contributed by atoms with Crippen molar-refractivity contribution in [1.29, 1.82) is 0 Å². The van der Waals surface area contributed by atoms with Crippen molar-refractivity contribution in [2.75, 3.05) is 12.8 Å². The lowest BCUT2D eigenvalue weighted by Gasteiger charge is -2.17. The van der Waals surface area contributed by atoms with Crippen LogP contribution in [0.15, 0.2) is 24.4 Å². The first kappa shape index (κ1) is 14.0. The van der Waals surface area contributed by atoms with Gasteiger partial charge in [0.25, 0.3) is 5.91 Å². The third kappa shape index (κ3) is 3.11. The molecule has 102 valence electrons. The van der Waals surface area contributed by atoms with Gasteiger partial charge in [0.05, 0.1) is 16.6 Å². The molecule has 2 aromatic rings. The molecule has 0 saturated heterocycles. The fourth-order valence-corrected chi connectivity index (χ4v) is 3.05. The largest absolute Gasteiger partial charge is 0.397 e. The maximum Gasteiger partial charge on any atom is 0.270 e. The molecule has 0 bridgehead atoms. The van der Waals surface area contributed by atoms with E-state index in [9.17, 15) is 4.79 Å². The average Bonchev–Trinajstić information content (AvgIpc) is 2.94. The first-order valence-corrected chi connectivity index (χ1v) is 7.16. The zero-order chi connectivity index (χ0) is 14.0. The van der Waals surface area contributed by atoms with Crippen LogP contribution in [0.5, 0.6) is 0 Å². The van der Waals surface area contributed by atoms with Gasteiger partial charge in [0, 0.05) is 24.7 Å². The number of nitrogens with zero attached hydrogens (tertiary/aromatic N) is 2. The number of aromatic nitrogens is 1. The molecule has 0 saturated carbocycles. The first-order chi connectivity index (χ1) is 9.01. The molecule has 0 aromatic carbocycles. The van der Waals surface area contributed by atoms with Gasteiger partial charge in [-0.3, -0.25) is 4.79 Å². The van der Waals surface area contributed by atoms with E-state index in [-0.39, 0.29) is 5.91 Å². The predicted octanol–water partition coefficient (Wildman–Crippen LogP) is 3.08. The highest BCUT2D eigenvalue weighted by molar-refractivity contribution is 7.16. The number of anilines is 1. The first-order valence-electron chi connectivity index (χ1n) is 5.96. The minimum atomic E-state index is -0.0388. The summed E-state index contributed by atoms with van der Waals surface area (Å²) < 4.78 is 2.59. The monoisotopic (exact) mass is 297 g/mol. The van der Waals surface area contributed by atoms with E-state index in [1.54, 1.807) is 24.2 Å². The van der Waals surface area contributed by atoms with E-state index in [1.165, 1.54) is 11.3 Å². The van der Waals surface area contributed by atoms with Crippen molar-refractivity contribution in [3.05, 3.63) is 39.3 Å². The van der Waals surface area contributed by atoms with Crippen LogP contribution in [0, 0.1) is 0 Å². The zero-order valence-corrected chi connectivity index (χ0v) is 12.5. The summed E-state index contributed by atoms with van der Waals surface area (Å²) in [5, 5.41) is 0. The molecule has 0 spiro atoms. The van der Waals surface area contributed by atoms with Crippen LogP contribution in [-0.2, 0) is 13.1 Å². The van der Waals surface area contributed by atoms with Gasteiger partial charge >= 0.3 is 0 Å². The van der Waals surface area contributed by atoms with Crippen molar-refractivity contribution in [2.24, 2.45) is 0 Å². The van der Waals surface area contributed by atoms with Gasteiger partial charge in [-0.1, -0.05) is 11.6 Å². The summed E-state index contributed by atoms with van der Waals surface area (Å²) in [4.78, 5) is 15.1. The Morgan fingerprint density at radius 2 is 2.26 bits per heavy atom. The highest BCUT2D eigenvalue weighted by Gasteiger charge is 2.17. The molecule has 6 heteroatoms. The van der Waals surface area contributed by atoms with Crippen molar-refractivity contribution in [2.45, 2.75) is 20.0 Å². The number of rotatable bonds is 4. The van der Waals surface area contributed by atoms with E-state index >= 15 is 0 Å². The van der Waals surface area contributed by atoms with Crippen molar-refractivity contribution in [3.8, 4) is 0 Å². The second-order valence-electron chi connectivity index (χ2n) is 4.31. The van der Waals surface area contributed by atoms with Crippen molar-refractivity contribution >= 4 is 34.5 Å². The third-order valence-electron chi connectivity index (χ3n) is 2.85. The van der Waals surface area contributed by atoms with E-state index in [4.69, 9.17) is 17.3 Å². The Hall–Kier alpha value is -1.46. The topological polar surface area (TPSA) is 51.3 Å². The van der Waals surface area contributed by atoms with E-state index in [2.05, 4.69) is 0 Å². The number of halogens is 1. The van der Waals surface area contributed by atoms with Crippen LogP contribution in [0.4, 0.5) is 5.69 Å². The van der Waals surface area contributed by atoms with Gasteiger partial charge in [-0.25, -0.2) is 0 Å². The average molecular weight is 298 g/mol. The number of hydrogen-bond acceptors (Lipinski definition) is 3. The van der Waals surface area contributed by atoms with Gasteiger partial charge in [-0.15, -0.1) is 11.3 Å². The van der Waals surface area contributed by atoms with Crippen LogP contribution in [0.3, 0.4) is 0 Å². The summed E-state index contributed by atoms with van der Waals surface area (Å²) in [5.41, 5.74) is 6.97. The maximum atomic E-state index is 12.4. The number of nitrogens with two attached hydrogens (primary N) is 1. The molecule has 19 heavy (non-hydrogen) atoms. The SMILES string of the molecule is CCn1cc(N)cc1C(=O)N(C)Cc1ccc(Cl)s1. The Balaban J connectivity index is 2.14. The third-order valence-corrected chi connectivity index (χ3v) is 4.06. The molecule has 0 radical (unpaired) electrons. The number of hydrogen-bond donors (Lipinski definition) is 1. The highest BCUT2D eigenvalue weighted by Crippen LogP contribution is 2.23. The van der Waals surface area contributed by atoms with E-state index < -0.39 is 0 Å². The predicted molar refractivity (Wildman–Crippen MR) is 79.6 cm³/mol. The molecule has 0 aliphatic heterocycles. The number of amides is 1. The molecule has 0 unspecified atom stereocenters. The number of thiophene rings is 1. The van der Waals surface area contributed by atoms with Gasteiger partial charge in [0.15, 0.2) is 0 Å². The van der Waals surface area contributed by atoms with Crippen LogP contribution in [-0.4, -0.2) is 22.4 Å². The molecule has 2 aromatic heterocycles. The summed E-state index contributed by atoms with van der Waals surface area (Å²) in [6, 6.07) is 5.49. The molecule has 2 N–H and O–H groups in total. The maximum absolute atomic E-state index is 12.4. The van der Waals surface area contributed by atoms with Crippen LogP contribution in [0.1, 0.15) is 22.3 Å². The summed E-state index contributed by atoms with van der Waals surface area (Å²) in [6.45, 7) is 3.25. The number of aryl methyl sites for hydroxylation is 1. The van der Waals surface area contributed by atoms with Gasteiger partial charge in [0.2, 0.25) is 0 Å². The summed E-state index contributed by atoms with van der Waals surface area (Å²) >= 11 is 7.37.